The first-order chi connectivity index (χ1) is 9.83. The largest absolute Gasteiger partial charge is 0.494 e. The topological polar surface area (TPSA) is 21.3 Å². The van der Waals surface area contributed by atoms with Crippen LogP contribution in [0.15, 0.2) is 54.6 Å². The number of hydrogen-bond donors (Lipinski definition) is 1. The van der Waals surface area contributed by atoms with Crippen LogP contribution in [-0.4, -0.2) is 6.61 Å². The van der Waals surface area contributed by atoms with Gasteiger partial charge in [0.25, 0.3) is 0 Å². The van der Waals surface area contributed by atoms with Gasteiger partial charge in [-0.3, -0.25) is 0 Å². The van der Waals surface area contributed by atoms with Gasteiger partial charge in [-0.25, -0.2) is 0 Å². The molecule has 0 aliphatic heterocycles. The van der Waals surface area contributed by atoms with E-state index < -0.39 is 0 Å². The third-order valence-corrected chi connectivity index (χ3v) is 3.40. The molecule has 0 radical (unpaired) electrons. The van der Waals surface area contributed by atoms with Gasteiger partial charge in [0.1, 0.15) is 5.75 Å². The average molecular weight is 269 g/mol. The normalized spacial score (nSPS) is 12.1. The summed E-state index contributed by atoms with van der Waals surface area (Å²) < 4.78 is 5.48. The van der Waals surface area contributed by atoms with Crippen LogP contribution < -0.4 is 10.1 Å². The lowest BCUT2D eigenvalue weighted by Crippen LogP contribution is -2.20. The molecular weight excluding hydrogens is 246 g/mol. The standard InChI is InChI=1S/C18H23NO/c1-3-18(19-14-15-8-6-5-7-9-15)16-10-12-17(13-11-16)20-4-2/h5-13,18-19H,3-4,14H2,1-2H3. The molecule has 1 N–H and O–H groups in total. The molecule has 1 atom stereocenters. The highest BCUT2D eigenvalue weighted by Crippen LogP contribution is 2.20. The molecule has 0 spiro atoms. The second-order valence-electron chi connectivity index (χ2n) is 4.83. The van der Waals surface area contributed by atoms with Crippen molar-refractivity contribution >= 4 is 0 Å². The van der Waals surface area contributed by atoms with Crippen LogP contribution in [0.4, 0.5) is 0 Å². The molecule has 20 heavy (non-hydrogen) atoms. The first kappa shape index (κ1) is 14.6. The second kappa shape index (κ2) is 7.71. The van der Waals surface area contributed by atoms with Crippen molar-refractivity contribution in [1.82, 2.24) is 5.32 Å². The van der Waals surface area contributed by atoms with Crippen molar-refractivity contribution in [3.63, 3.8) is 0 Å². The Morgan fingerprint density at radius 2 is 1.65 bits per heavy atom. The maximum atomic E-state index is 5.48. The Labute approximate surface area is 121 Å². The van der Waals surface area contributed by atoms with Crippen LogP contribution in [0.5, 0.6) is 5.75 Å². The van der Waals surface area contributed by atoms with E-state index in [2.05, 4.69) is 48.6 Å². The summed E-state index contributed by atoms with van der Waals surface area (Å²) in [6, 6.07) is 19.3. The predicted molar refractivity (Wildman–Crippen MR) is 83.9 cm³/mol. The Bertz CT molecular complexity index is 493. The van der Waals surface area contributed by atoms with Gasteiger partial charge in [0.2, 0.25) is 0 Å². The molecule has 0 heterocycles. The van der Waals surface area contributed by atoms with Crippen LogP contribution in [0, 0.1) is 0 Å². The highest BCUT2D eigenvalue weighted by Gasteiger charge is 2.08. The lowest BCUT2D eigenvalue weighted by atomic mass is 10.0. The lowest BCUT2D eigenvalue weighted by molar-refractivity contribution is 0.340. The zero-order valence-electron chi connectivity index (χ0n) is 12.3. The Hall–Kier alpha value is -1.80. The molecule has 0 saturated carbocycles. The Morgan fingerprint density at radius 1 is 0.950 bits per heavy atom. The van der Waals surface area contributed by atoms with Crippen LogP contribution >= 0.6 is 0 Å². The van der Waals surface area contributed by atoms with Gasteiger partial charge in [-0.15, -0.1) is 0 Å². The predicted octanol–water partition coefficient (Wildman–Crippen LogP) is 4.33. The van der Waals surface area contributed by atoms with E-state index in [1.165, 1.54) is 11.1 Å². The molecule has 2 aromatic carbocycles. The monoisotopic (exact) mass is 269 g/mol. The minimum absolute atomic E-state index is 0.380. The van der Waals surface area contributed by atoms with E-state index in [9.17, 15) is 0 Å². The van der Waals surface area contributed by atoms with E-state index in [1.807, 2.05) is 25.1 Å². The fourth-order valence-electron chi connectivity index (χ4n) is 2.30. The fourth-order valence-corrected chi connectivity index (χ4v) is 2.30. The summed E-state index contributed by atoms with van der Waals surface area (Å²) in [6.07, 6.45) is 1.07. The van der Waals surface area contributed by atoms with Crippen molar-refractivity contribution in [1.29, 1.82) is 0 Å². The van der Waals surface area contributed by atoms with Crippen molar-refractivity contribution in [3.05, 3.63) is 65.7 Å². The molecule has 0 saturated heterocycles. The van der Waals surface area contributed by atoms with E-state index in [1.54, 1.807) is 0 Å². The number of ether oxygens (including phenoxy) is 1. The van der Waals surface area contributed by atoms with Gasteiger partial charge in [0, 0.05) is 12.6 Å². The van der Waals surface area contributed by atoms with Crippen molar-refractivity contribution in [2.45, 2.75) is 32.9 Å². The third-order valence-electron chi connectivity index (χ3n) is 3.40. The second-order valence-corrected chi connectivity index (χ2v) is 4.83. The molecule has 2 rings (SSSR count). The van der Waals surface area contributed by atoms with E-state index >= 15 is 0 Å². The Morgan fingerprint density at radius 3 is 2.25 bits per heavy atom. The quantitative estimate of drug-likeness (QED) is 0.808. The van der Waals surface area contributed by atoms with Crippen molar-refractivity contribution in [2.24, 2.45) is 0 Å². The molecule has 0 fully saturated rings. The number of nitrogens with one attached hydrogen (secondary N) is 1. The van der Waals surface area contributed by atoms with Gasteiger partial charge in [-0.05, 0) is 36.6 Å². The molecule has 0 bridgehead atoms. The number of benzene rings is 2. The Balaban J connectivity index is 1.97. The first-order valence-electron chi connectivity index (χ1n) is 7.33. The summed E-state index contributed by atoms with van der Waals surface area (Å²) in [5, 5.41) is 3.61. The maximum Gasteiger partial charge on any atom is 0.119 e. The molecule has 1 unspecified atom stereocenters. The summed E-state index contributed by atoms with van der Waals surface area (Å²) in [5.41, 5.74) is 2.63. The minimum Gasteiger partial charge on any atom is -0.494 e. The fraction of sp³-hybridized carbons (Fsp3) is 0.333. The first-order valence-corrected chi connectivity index (χ1v) is 7.33. The lowest BCUT2D eigenvalue weighted by Gasteiger charge is -2.18. The van der Waals surface area contributed by atoms with Crippen LogP contribution in [0.3, 0.4) is 0 Å². The summed E-state index contributed by atoms with van der Waals surface area (Å²) in [7, 11) is 0. The van der Waals surface area contributed by atoms with Gasteiger partial charge in [-0.1, -0.05) is 49.4 Å². The zero-order chi connectivity index (χ0) is 14.2. The molecule has 106 valence electrons. The number of rotatable bonds is 7. The van der Waals surface area contributed by atoms with Gasteiger partial charge in [-0.2, -0.15) is 0 Å². The molecule has 2 heteroatoms. The van der Waals surface area contributed by atoms with Crippen LogP contribution in [0.25, 0.3) is 0 Å². The highest BCUT2D eigenvalue weighted by atomic mass is 16.5. The van der Waals surface area contributed by atoms with E-state index in [-0.39, 0.29) is 0 Å². The molecule has 2 aromatic rings. The van der Waals surface area contributed by atoms with Crippen LogP contribution in [0.1, 0.15) is 37.4 Å². The average Bonchev–Trinajstić information content (AvgIpc) is 2.51. The number of hydrogen-bond acceptors (Lipinski definition) is 2. The third kappa shape index (κ3) is 4.10. The van der Waals surface area contributed by atoms with Gasteiger partial charge in [0.15, 0.2) is 0 Å². The molecular formula is C18H23NO. The van der Waals surface area contributed by atoms with E-state index in [0.717, 1.165) is 18.7 Å². The van der Waals surface area contributed by atoms with Gasteiger partial charge in [0.05, 0.1) is 6.61 Å². The molecule has 0 amide bonds. The highest BCUT2D eigenvalue weighted by molar-refractivity contribution is 5.29. The van der Waals surface area contributed by atoms with Crippen molar-refractivity contribution in [2.75, 3.05) is 6.61 Å². The SMILES string of the molecule is CCOc1ccc(C(CC)NCc2ccccc2)cc1. The van der Waals surface area contributed by atoms with Crippen LogP contribution in [0.2, 0.25) is 0 Å². The van der Waals surface area contributed by atoms with Crippen LogP contribution in [-0.2, 0) is 6.54 Å². The molecule has 0 aliphatic carbocycles. The minimum atomic E-state index is 0.380. The molecule has 2 nitrogen and oxygen atoms in total. The zero-order valence-corrected chi connectivity index (χ0v) is 12.3. The summed E-state index contributed by atoms with van der Waals surface area (Å²) >= 11 is 0. The maximum absolute atomic E-state index is 5.48. The van der Waals surface area contributed by atoms with Gasteiger partial charge >= 0.3 is 0 Å². The van der Waals surface area contributed by atoms with E-state index in [0.29, 0.717) is 12.6 Å². The molecule has 0 aliphatic rings. The summed E-state index contributed by atoms with van der Waals surface area (Å²) in [4.78, 5) is 0. The smallest absolute Gasteiger partial charge is 0.119 e. The summed E-state index contributed by atoms with van der Waals surface area (Å²) in [6.45, 7) is 5.82. The summed E-state index contributed by atoms with van der Waals surface area (Å²) in [5.74, 6) is 0.939. The van der Waals surface area contributed by atoms with Crippen molar-refractivity contribution in [3.8, 4) is 5.75 Å². The van der Waals surface area contributed by atoms with Crippen molar-refractivity contribution < 1.29 is 4.74 Å². The molecule has 0 aromatic heterocycles. The Kier molecular flexibility index (Phi) is 5.63. The van der Waals surface area contributed by atoms with Gasteiger partial charge < -0.3 is 10.1 Å². The van der Waals surface area contributed by atoms with E-state index in [4.69, 9.17) is 4.74 Å².